The molecule has 0 saturated carbocycles. The van der Waals surface area contributed by atoms with E-state index in [4.69, 9.17) is 0 Å². The van der Waals surface area contributed by atoms with Crippen LogP contribution in [0.5, 0.6) is 0 Å². The van der Waals surface area contributed by atoms with E-state index in [1.807, 2.05) is 43.4 Å². The van der Waals surface area contributed by atoms with Gasteiger partial charge in [-0.1, -0.05) is 44.2 Å². The Morgan fingerprint density at radius 3 is 2.70 bits per heavy atom. The molecule has 0 atom stereocenters. The lowest BCUT2D eigenvalue weighted by atomic mass is 9.93. The molecule has 20 heavy (non-hydrogen) atoms. The number of carbonyl (C=O) groups excluding carboxylic acids is 1. The summed E-state index contributed by atoms with van der Waals surface area (Å²) in [6.07, 6.45) is 10.1. The van der Waals surface area contributed by atoms with Gasteiger partial charge in [0.2, 0.25) is 0 Å². The van der Waals surface area contributed by atoms with Crippen molar-refractivity contribution in [1.29, 1.82) is 0 Å². The molecule has 0 heterocycles. The Bertz CT molecular complexity index is 604. The van der Waals surface area contributed by atoms with E-state index in [0.717, 1.165) is 20.4 Å². The highest BCUT2D eigenvalue weighted by Gasteiger charge is 2.15. The number of nitrogens with one attached hydrogen (secondary N) is 1. The summed E-state index contributed by atoms with van der Waals surface area (Å²) in [5.74, 6) is -0.0588. The molecule has 0 saturated heterocycles. The fourth-order valence-electron chi connectivity index (χ4n) is 2.01. The van der Waals surface area contributed by atoms with Gasteiger partial charge < -0.3 is 5.32 Å². The summed E-state index contributed by atoms with van der Waals surface area (Å²) in [5.41, 5.74) is 2.56. The van der Waals surface area contributed by atoms with Crippen LogP contribution in [-0.4, -0.2) is 5.91 Å². The van der Waals surface area contributed by atoms with Crippen LogP contribution >= 0.6 is 22.6 Å². The first-order valence-corrected chi connectivity index (χ1v) is 7.62. The first-order valence-electron chi connectivity index (χ1n) is 6.54. The molecule has 1 amide bonds. The monoisotopic (exact) mass is 379 g/mol. The molecule has 0 fully saturated rings. The molecular formula is C17H18INO. The Hall–Kier alpha value is -1.36. The van der Waals surface area contributed by atoms with Crippen molar-refractivity contribution in [2.24, 2.45) is 5.41 Å². The van der Waals surface area contributed by atoms with Crippen LogP contribution < -0.4 is 5.32 Å². The third-order valence-corrected chi connectivity index (χ3v) is 4.10. The van der Waals surface area contributed by atoms with Crippen molar-refractivity contribution in [3.8, 4) is 0 Å². The highest BCUT2D eigenvalue weighted by atomic mass is 127. The van der Waals surface area contributed by atoms with Crippen molar-refractivity contribution in [1.82, 2.24) is 5.32 Å². The van der Waals surface area contributed by atoms with Crippen LogP contribution in [0.3, 0.4) is 0 Å². The first kappa shape index (κ1) is 15.0. The van der Waals surface area contributed by atoms with Crippen LogP contribution in [0, 0.1) is 15.9 Å². The molecule has 1 aliphatic rings. The van der Waals surface area contributed by atoms with E-state index in [1.165, 1.54) is 0 Å². The average Bonchev–Trinajstić information content (AvgIpc) is 2.51. The standard InChI is InChI=1S/C17H18INO/c1-12-6-4-8-14(18)15(12)16(20)19-13-7-5-10-17(2,3)11-9-13/h4-11H,1-3H3,(H,19,20). The Kier molecular flexibility index (Phi) is 4.48. The van der Waals surface area contributed by atoms with Gasteiger partial charge in [-0.3, -0.25) is 4.79 Å². The fraction of sp³-hybridized carbons (Fsp3) is 0.235. The number of halogens is 1. The Morgan fingerprint density at radius 2 is 2.00 bits per heavy atom. The van der Waals surface area contributed by atoms with Gasteiger partial charge in [0, 0.05) is 14.7 Å². The summed E-state index contributed by atoms with van der Waals surface area (Å²) >= 11 is 2.20. The number of hydrogen-bond donors (Lipinski definition) is 1. The summed E-state index contributed by atoms with van der Waals surface area (Å²) in [4.78, 5) is 12.4. The molecule has 0 radical (unpaired) electrons. The van der Waals surface area contributed by atoms with E-state index in [9.17, 15) is 4.79 Å². The molecule has 0 spiro atoms. The first-order chi connectivity index (χ1) is 9.39. The van der Waals surface area contributed by atoms with Gasteiger partial charge in [-0.05, 0) is 53.3 Å². The largest absolute Gasteiger partial charge is 0.322 e. The third-order valence-electron chi connectivity index (χ3n) is 3.20. The smallest absolute Gasteiger partial charge is 0.257 e. The van der Waals surface area contributed by atoms with Crippen LogP contribution in [0.4, 0.5) is 0 Å². The fourth-order valence-corrected chi connectivity index (χ4v) is 2.89. The molecule has 0 bridgehead atoms. The lowest BCUT2D eigenvalue weighted by Gasteiger charge is -2.13. The van der Waals surface area contributed by atoms with E-state index in [2.05, 4.69) is 53.9 Å². The maximum absolute atomic E-state index is 12.4. The Labute approximate surface area is 133 Å². The lowest BCUT2D eigenvalue weighted by molar-refractivity contribution is 0.0965. The summed E-state index contributed by atoms with van der Waals surface area (Å²) in [6.45, 7) is 6.21. The Morgan fingerprint density at radius 1 is 1.25 bits per heavy atom. The van der Waals surface area contributed by atoms with Crippen molar-refractivity contribution in [2.45, 2.75) is 20.8 Å². The Balaban J connectivity index is 2.21. The van der Waals surface area contributed by atoms with Gasteiger partial charge in [-0.25, -0.2) is 0 Å². The predicted molar refractivity (Wildman–Crippen MR) is 91.5 cm³/mol. The molecule has 0 aromatic heterocycles. The molecule has 0 unspecified atom stereocenters. The maximum atomic E-state index is 12.4. The quantitative estimate of drug-likeness (QED) is 0.760. The van der Waals surface area contributed by atoms with Gasteiger partial charge in [0.25, 0.3) is 5.91 Å². The number of hydrogen-bond acceptors (Lipinski definition) is 1. The number of amides is 1. The van der Waals surface area contributed by atoms with Crippen molar-refractivity contribution in [3.05, 3.63) is 69.0 Å². The van der Waals surface area contributed by atoms with Crippen LogP contribution in [0.1, 0.15) is 29.8 Å². The number of benzene rings is 1. The summed E-state index contributed by atoms with van der Waals surface area (Å²) in [7, 11) is 0. The van der Waals surface area contributed by atoms with E-state index in [-0.39, 0.29) is 11.3 Å². The van der Waals surface area contributed by atoms with Gasteiger partial charge in [-0.15, -0.1) is 0 Å². The maximum Gasteiger partial charge on any atom is 0.257 e. The molecule has 1 N–H and O–H groups in total. The zero-order valence-corrected chi connectivity index (χ0v) is 14.1. The minimum absolute atomic E-state index is 0.0140. The SMILES string of the molecule is Cc1cccc(I)c1C(=O)NC1=CC=CC(C)(C)C=C1. The van der Waals surface area contributed by atoms with Crippen LogP contribution in [0.25, 0.3) is 0 Å². The van der Waals surface area contributed by atoms with Crippen LogP contribution in [0.2, 0.25) is 0 Å². The molecule has 0 aliphatic heterocycles. The number of rotatable bonds is 2. The molecule has 2 nitrogen and oxygen atoms in total. The number of carbonyl (C=O) groups is 1. The zero-order valence-electron chi connectivity index (χ0n) is 11.9. The van der Waals surface area contributed by atoms with Crippen molar-refractivity contribution in [3.63, 3.8) is 0 Å². The van der Waals surface area contributed by atoms with Crippen molar-refractivity contribution >= 4 is 28.5 Å². The molecule has 1 aromatic rings. The van der Waals surface area contributed by atoms with E-state index >= 15 is 0 Å². The number of aryl methyl sites for hydroxylation is 1. The normalized spacial score (nSPS) is 16.5. The molecule has 3 heteroatoms. The predicted octanol–water partition coefficient (Wildman–Crippen LogP) is 4.37. The second-order valence-corrected chi connectivity index (χ2v) is 6.68. The van der Waals surface area contributed by atoms with Gasteiger partial charge in [0.05, 0.1) is 5.56 Å². The summed E-state index contributed by atoms with van der Waals surface area (Å²) in [5, 5.41) is 2.97. The van der Waals surface area contributed by atoms with Crippen molar-refractivity contribution in [2.75, 3.05) is 0 Å². The van der Waals surface area contributed by atoms with Gasteiger partial charge in [-0.2, -0.15) is 0 Å². The van der Waals surface area contributed by atoms with Crippen LogP contribution in [0.15, 0.2) is 54.3 Å². The van der Waals surface area contributed by atoms with E-state index < -0.39 is 0 Å². The highest BCUT2D eigenvalue weighted by Crippen LogP contribution is 2.22. The van der Waals surface area contributed by atoms with Gasteiger partial charge >= 0.3 is 0 Å². The third kappa shape index (κ3) is 3.60. The topological polar surface area (TPSA) is 29.1 Å². The van der Waals surface area contributed by atoms with Crippen molar-refractivity contribution < 1.29 is 4.79 Å². The zero-order chi connectivity index (χ0) is 14.8. The van der Waals surface area contributed by atoms with E-state index in [0.29, 0.717) is 0 Å². The average molecular weight is 379 g/mol. The van der Waals surface area contributed by atoms with E-state index in [1.54, 1.807) is 0 Å². The second-order valence-electron chi connectivity index (χ2n) is 5.52. The lowest BCUT2D eigenvalue weighted by Crippen LogP contribution is -2.23. The molecule has 1 aromatic carbocycles. The minimum atomic E-state index is -0.0588. The van der Waals surface area contributed by atoms with Gasteiger partial charge in [0.15, 0.2) is 0 Å². The molecule has 104 valence electrons. The summed E-state index contributed by atoms with van der Waals surface area (Å²) in [6, 6.07) is 5.87. The molecular weight excluding hydrogens is 361 g/mol. The second kappa shape index (κ2) is 5.95. The van der Waals surface area contributed by atoms with Gasteiger partial charge in [0.1, 0.15) is 0 Å². The molecule has 2 rings (SSSR count). The van der Waals surface area contributed by atoms with Crippen LogP contribution in [-0.2, 0) is 0 Å². The summed E-state index contributed by atoms with van der Waals surface area (Å²) < 4.78 is 0.967. The highest BCUT2D eigenvalue weighted by molar-refractivity contribution is 14.1. The minimum Gasteiger partial charge on any atom is -0.322 e. The molecule has 1 aliphatic carbocycles. The number of allylic oxidation sites excluding steroid dienone is 5.